The van der Waals surface area contributed by atoms with Crippen molar-refractivity contribution in [2.45, 2.75) is 82.6 Å². The summed E-state index contributed by atoms with van der Waals surface area (Å²) in [6, 6.07) is 7.51. The van der Waals surface area contributed by atoms with Crippen LogP contribution in [0.1, 0.15) is 77.2 Å². The van der Waals surface area contributed by atoms with E-state index in [0.29, 0.717) is 10.8 Å². The zero-order valence-corrected chi connectivity index (χ0v) is 17.2. The average molecular weight is 376 g/mol. The predicted octanol–water partition coefficient (Wildman–Crippen LogP) is 5.08. The Hall–Kier alpha value is -0.870. The molecule has 1 N–H and O–H groups in total. The van der Waals surface area contributed by atoms with Gasteiger partial charge in [-0.1, -0.05) is 26.0 Å². The second-order valence-corrected chi connectivity index (χ2v) is 11.2. The van der Waals surface area contributed by atoms with Crippen molar-refractivity contribution in [2.75, 3.05) is 0 Å². The molecule has 5 rings (SSSR count). The number of hydrogen-bond acceptors (Lipinski definition) is 2. The van der Waals surface area contributed by atoms with E-state index in [9.17, 15) is 8.42 Å². The summed E-state index contributed by atoms with van der Waals surface area (Å²) in [6.07, 6.45) is 8.87. The van der Waals surface area contributed by atoms with Gasteiger partial charge in [-0.3, -0.25) is 0 Å². The smallest absolute Gasteiger partial charge is 0.208 e. The van der Waals surface area contributed by atoms with E-state index in [0.717, 1.165) is 24.2 Å². The Balaban J connectivity index is 1.51. The van der Waals surface area contributed by atoms with Crippen LogP contribution in [-0.2, 0) is 10.0 Å². The molecule has 0 heterocycles. The Morgan fingerprint density at radius 3 is 1.96 bits per heavy atom. The van der Waals surface area contributed by atoms with E-state index in [1.807, 2.05) is 12.1 Å². The fourth-order valence-electron chi connectivity index (χ4n) is 6.34. The number of nitrogens with one attached hydrogen (secondary N) is 1. The van der Waals surface area contributed by atoms with Crippen molar-refractivity contribution in [1.82, 2.24) is 4.72 Å². The third-order valence-corrected chi connectivity index (χ3v) is 9.26. The minimum absolute atomic E-state index is 0.0233. The summed E-state index contributed by atoms with van der Waals surface area (Å²) >= 11 is 0. The van der Waals surface area contributed by atoms with Gasteiger partial charge in [0.05, 0.1) is 4.90 Å². The molecule has 144 valence electrons. The lowest BCUT2D eigenvalue weighted by Crippen LogP contribution is -2.55. The molecule has 0 saturated heterocycles. The summed E-state index contributed by atoms with van der Waals surface area (Å²) < 4.78 is 29.0. The standard InChI is InChI=1S/C22H33NO2S/c1-4-15(2)20-5-7-21(8-6-20)26(24,25)23-16(3)22-12-17-9-18(13-22)11-19(10-17)14-22/h5-8,15-19,23H,4,9-14H2,1-3H3. The van der Waals surface area contributed by atoms with E-state index in [4.69, 9.17) is 0 Å². The summed E-state index contributed by atoms with van der Waals surface area (Å²) in [4.78, 5) is 0.404. The van der Waals surface area contributed by atoms with Gasteiger partial charge < -0.3 is 0 Å². The predicted molar refractivity (Wildman–Crippen MR) is 106 cm³/mol. The summed E-state index contributed by atoms with van der Waals surface area (Å²) in [7, 11) is -3.45. The molecule has 1 aromatic carbocycles. The Bertz CT molecular complexity index is 718. The molecule has 4 aliphatic rings. The molecule has 0 aromatic heterocycles. The monoisotopic (exact) mass is 375 g/mol. The molecule has 4 aliphatic carbocycles. The van der Waals surface area contributed by atoms with E-state index in [1.165, 1.54) is 44.1 Å². The minimum Gasteiger partial charge on any atom is -0.208 e. The van der Waals surface area contributed by atoms with Gasteiger partial charge in [-0.15, -0.1) is 0 Å². The molecule has 4 bridgehead atoms. The highest BCUT2D eigenvalue weighted by atomic mass is 32.2. The van der Waals surface area contributed by atoms with Crippen molar-refractivity contribution in [3.05, 3.63) is 29.8 Å². The van der Waals surface area contributed by atoms with Crippen molar-refractivity contribution in [3.63, 3.8) is 0 Å². The molecular formula is C22H33NO2S. The minimum atomic E-state index is -3.45. The Labute approximate surface area is 159 Å². The van der Waals surface area contributed by atoms with E-state index < -0.39 is 10.0 Å². The largest absolute Gasteiger partial charge is 0.240 e. The van der Waals surface area contributed by atoms with Crippen LogP contribution in [0.2, 0.25) is 0 Å². The number of hydrogen-bond donors (Lipinski definition) is 1. The van der Waals surface area contributed by atoms with E-state index >= 15 is 0 Å². The van der Waals surface area contributed by atoms with Gasteiger partial charge in [0.25, 0.3) is 0 Å². The van der Waals surface area contributed by atoms with Gasteiger partial charge >= 0.3 is 0 Å². The van der Waals surface area contributed by atoms with Gasteiger partial charge in [0.1, 0.15) is 0 Å². The highest BCUT2D eigenvalue weighted by molar-refractivity contribution is 7.89. The SMILES string of the molecule is CCC(C)c1ccc(S(=O)(=O)NC(C)C23CC4CC(CC(C4)C2)C3)cc1. The number of benzene rings is 1. The molecule has 4 fully saturated rings. The Kier molecular flexibility index (Phi) is 4.71. The zero-order valence-electron chi connectivity index (χ0n) is 16.4. The highest BCUT2D eigenvalue weighted by Gasteiger charge is 2.53. The molecule has 4 saturated carbocycles. The second-order valence-electron chi connectivity index (χ2n) is 9.50. The molecule has 0 spiro atoms. The first-order chi connectivity index (χ1) is 12.3. The fraction of sp³-hybridized carbons (Fsp3) is 0.727. The van der Waals surface area contributed by atoms with Gasteiger partial charge in [0.2, 0.25) is 10.0 Å². The van der Waals surface area contributed by atoms with E-state index in [-0.39, 0.29) is 11.5 Å². The lowest BCUT2D eigenvalue weighted by atomic mass is 9.48. The lowest BCUT2D eigenvalue weighted by Gasteiger charge is -2.59. The van der Waals surface area contributed by atoms with Crippen LogP contribution in [0.5, 0.6) is 0 Å². The van der Waals surface area contributed by atoms with Crippen LogP contribution < -0.4 is 4.72 Å². The molecule has 26 heavy (non-hydrogen) atoms. The van der Waals surface area contributed by atoms with Crippen LogP contribution in [0.25, 0.3) is 0 Å². The van der Waals surface area contributed by atoms with Crippen molar-refractivity contribution < 1.29 is 8.42 Å². The van der Waals surface area contributed by atoms with Gasteiger partial charge in [0, 0.05) is 6.04 Å². The van der Waals surface area contributed by atoms with Crippen LogP contribution in [0.4, 0.5) is 0 Å². The molecule has 2 atom stereocenters. The Morgan fingerprint density at radius 1 is 1.00 bits per heavy atom. The van der Waals surface area contributed by atoms with Crippen molar-refractivity contribution >= 4 is 10.0 Å². The van der Waals surface area contributed by atoms with Crippen LogP contribution >= 0.6 is 0 Å². The lowest BCUT2D eigenvalue weighted by molar-refractivity contribution is -0.0666. The third kappa shape index (κ3) is 3.24. The van der Waals surface area contributed by atoms with Gasteiger partial charge in [-0.05, 0) is 98.7 Å². The van der Waals surface area contributed by atoms with Gasteiger partial charge in [0.15, 0.2) is 0 Å². The third-order valence-electron chi connectivity index (χ3n) is 7.71. The van der Waals surface area contributed by atoms with Crippen molar-refractivity contribution in [2.24, 2.45) is 23.2 Å². The van der Waals surface area contributed by atoms with Crippen LogP contribution in [-0.4, -0.2) is 14.5 Å². The maximum atomic E-state index is 13.0. The van der Waals surface area contributed by atoms with Crippen LogP contribution in [0.15, 0.2) is 29.2 Å². The molecule has 2 unspecified atom stereocenters. The summed E-state index contributed by atoms with van der Waals surface area (Å²) in [6.45, 7) is 6.44. The molecule has 0 aliphatic heterocycles. The molecule has 0 amide bonds. The fourth-order valence-corrected chi connectivity index (χ4v) is 7.69. The van der Waals surface area contributed by atoms with Crippen molar-refractivity contribution in [3.8, 4) is 0 Å². The van der Waals surface area contributed by atoms with Gasteiger partial charge in [-0.2, -0.15) is 0 Å². The normalized spacial score (nSPS) is 35.4. The first-order valence-electron chi connectivity index (χ1n) is 10.4. The first kappa shape index (κ1) is 18.5. The Morgan fingerprint density at radius 2 is 1.50 bits per heavy atom. The summed E-state index contributed by atoms with van der Waals surface area (Å²) in [5.41, 5.74) is 1.40. The molecule has 4 heteroatoms. The van der Waals surface area contributed by atoms with Gasteiger partial charge in [-0.25, -0.2) is 13.1 Å². The maximum Gasteiger partial charge on any atom is 0.240 e. The van der Waals surface area contributed by atoms with Crippen molar-refractivity contribution in [1.29, 1.82) is 0 Å². The van der Waals surface area contributed by atoms with Crippen LogP contribution in [0.3, 0.4) is 0 Å². The topological polar surface area (TPSA) is 46.2 Å². The quantitative estimate of drug-likeness (QED) is 0.753. The number of rotatable bonds is 6. The second kappa shape index (κ2) is 6.63. The highest BCUT2D eigenvalue weighted by Crippen LogP contribution is 2.61. The van der Waals surface area contributed by atoms with Crippen LogP contribution in [0, 0.1) is 23.2 Å². The summed E-state index contributed by atoms with van der Waals surface area (Å²) in [5, 5.41) is 0. The van der Waals surface area contributed by atoms with E-state index in [1.54, 1.807) is 12.1 Å². The van der Waals surface area contributed by atoms with E-state index in [2.05, 4.69) is 25.5 Å². The average Bonchev–Trinajstić information content (AvgIpc) is 2.59. The molecule has 0 radical (unpaired) electrons. The summed E-state index contributed by atoms with van der Waals surface area (Å²) in [5.74, 6) is 2.97. The molecular weight excluding hydrogens is 342 g/mol. The zero-order chi connectivity index (χ0) is 18.5. The maximum absolute atomic E-state index is 13.0. The molecule has 1 aromatic rings. The molecule has 3 nitrogen and oxygen atoms in total. The first-order valence-corrected chi connectivity index (χ1v) is 11.9. The number of sulfonamides is 1.